The van der Waals surface area contributed by atoms with Gasteiger partial charge in [-0.15, -0.1) is 11.3 Å². The zero-order valence-electron chi connectivity index (χ0n) is 12.6. The van der Waals surface area contributed by atoms with E-state index in [4.69, 9.17) is 4.42 Å². The molecule has 0 aliphatic carbocycles. The molecule has 3 heterocycles. The van der Waals surface area contributed by atoms with Crippen molar-refractivity contribution in [2.75, 3.05) is 5.32 Å². The van der Waals surface area contributed by atoms with Crippen LogP contribution >= 0.6 is 27.3 Å². The van der Waals surface area contributed by atoms with Crippen molar-refractivity contribution < 1.29 is 9.21 Å². The van der Waals surface area contributed by atoms with Crippen molar-refractivity contribution in [3.63, 3.8) is 0 Å². The monoisotopic (exact) mass is 415 g/mol. The van der Waals surface area contributed by atoms with Crippen LogP contribution in [0.25, 0.3) is 21.0 Å². The van der Waals surface area contributed by atoms with Crippen LogP contribution in [0.5, 0.6) is 0 Å². The number of rotatable bonds is 3. The lowest BCUT2D eigenvalue weighted by Gasteiger charge is -2.02. The third-order valence-electron chi connectivity index (χ3n) is 3.45. The first-order valence-corrected chi connectivity index (χ1v) is 8.86. The summed E-state index contributed by atoms with van der Waals surface area (Å²) in [5, 5.41) is 3.23. The summed E-state index contributed by atoms with van der Waals surface area (Å²) < 4.78 is 7.31. The molecule has 0 radical (unpaired) electrons. The number of thiazole rings is 1. The molecule has 0 saturated carbocycles. The number of anilines is 1. The van der Waals surface area contributed by atoms with Crippen molar-refractivity contribution in [1.82, 2.24) is 9.97 Å². The topological polar surface area (TPSA) is 88.0 Å². The Morgan fingerprint density at radius 2 is 2.08 bits per heavy atom. The molecule has 4 aromatic rings. The lowest BCUT2D eigenvalue weighted by molar-refractivity contribution is 0.0997. The summed E-state index contributed by atoms with van der Waals surface area (Å²) in [6.45, 7) is 0. The zero-order valence-corrected chi connectivity index (χ0v) is 15.0. The number of furan rings is 1. The fraction of sp³-hybridized carbons (Fsp3) is 0. The highest BCUT2D eigenvalue weighted by Crippen LogP contribution is 2.31. The average Bonchev–Trinajstić information content (AvgIpc) is 3.24. The molecule has 8 heteroatoms. The van der Waals surface area contributed by atoms with E-state index in [0.717, 1.165) is 10.2 Å². The minimum atomic E-state index is -0.504. The molecule has 1 aromatic carbocycles. The molecule has 124 valence electrons. The standard InChI is InChI=1S/C17H10BrN3O3S/c18-9-7-11(15(22)19-8-9)20-16(23)12-5-6-13(24-12)17-21-10-3-1-2-4-14(10)25-17/h1-8H,(H,19,22)(H,20,23). The summed E-state index contributed by atoms with van der Waals surface area (Å²) in [7, 11) is 0. The molecule has 0 aliphatic heterocycles. The number of aromatic amines is 1. The zero-order chi connectivity index (χ0) is 17.4. The molecule has 0 unspecified atom stereocenters. The molecule has 2 N–H and O–H groups in total. The Labute approximate surface area is 153 Å². The first kappa shape index (κ1) is 15.8. The summed E-state index contributed by atoms with van der Waals surface area (Å²) >= 11 is 4.73. The van der Waals surface area contributed by atoms with Crippen molar-refractivity contribution in [2.45, 2.75) is 0 Å². The highest BCUT2D eigenvalue weighted by Gasteiger charge is 2.16. The molecule has 3 aromatic heterocycles. The van der Waals surface area contributed by atoms with Crippen LogP contribution in [0.2, 0.25) is 0 Å². The number of para-hydroxylation sites is 1. The van der Waals surface area contributed by atoms with Crippen LogP contribution in [-0.2, 0) is 0 Å². The maximum atomic E-state index is 12.3. The Bertz CT molecular complexity index is 1110. The number of amides is 1. The van der Waals surface area contributed by atoms with Crippen molar-refractivity contribution in [3.8, 4) is 10.8 Å². The first-order chi connectivity index (χ1) is 12.1. The maximum Gasteiger partial charge on any atom is 0.291 e. The predicted octanol–water partition coefficient (Wildman–Crippen LogP) is 4.26. The number of hydrogen-bond acceptors (Lipinski definition) is 5. The Morgan fingerprint density at radius 1 is 1.24 bits per heavy atom. The lowest BCUT2D eigenvalue weighted by atomic mass is 10.3. The second-order valence-corrected chi connectivity index (χ2v) is 7.11. The number of benzene rings is 1. The van der Waals surface area contributed by atoms with Crippen LogP contribution in [0.15, 0.2) is 62.3 Å². The molecule has 1 amide bonds. The third kappa shape index (κ3) is 3.13. The van der Waals surface area contributed by atoms with E-state index >= 15 is 0 Å². The van der Waals surface area contributed by atoms with E-state index in [2.05, 4.69) is 31.2 Å². The molecular weight excluding hydrogens is 406 g/mol. The normalized spacial score (nSPS) is 10.9. The van der Waals surface area contributed by atoms with Crippen molar-refractivity contribution in [3.05, 3.63) is 69.2 Å². The van der Waals surface area contributed by atoms with E-state index in [0.29, 0.717) is 15.2 Å². The summed E-state index contributed by atoms with van der Waals surface area (Å²) in [6.07, 6.45) is 1.50. The summed E-state index contributed by atoms with van der Waals surface area (Å²) in [5.74, 6) is 0.110. The van der Waals surface area contributed by atoms with Crippen LogP contribution in [-0.4, -0.2) is 15.9 Å². The Kier molecular flexibility index (Phi) is 3.98. The number of hydrogen-bond donors (Lipinski definition) is 2. The SMILES string of the molecule is O=C(Nc1cc(Br)c[nH]c1=O)c1ccc(-c2nc3ccccc3s2)o1. The van der Waals surface area contributed by atoms with Crippen molar-refractivity contribution in [2.24, 2.45) is 0 Å². The fourth-order valence-corrected chi connectivity index (χ4v) is 3.56. The molecule has 0 bridgehead atoms. The minimum absolute atomic E-state index is 0.105. The van der Waals surface area contributed by atoms with Gasteiger partial charge < -0.3 is 14.7 Å². The van der Waals surface area contributed by atoms with Crippen LogP contribution < -0.4 is 10.9 Å². The maximum absolute atomic E-state index is 12.3. The van der Waals surface area contributed by atoms with E-state index in [1.807, 2.05) is 24.3 Å². The first-order valence-electron chi connectivity index (χ1n) is 7.25. The largest absolute Gasteiger partial charge is 0.448 e. The molecule has 0 aliphatic rings. The minimum Gasteiger partial charge on any atom is -0.448 e. The molecular formula is C17H10BrN3O3S. The smallest absolute Gasteiger partial charge is 0.291 e. The number of H-pyrrole nitrogens is 1. The Balaban J connectivity index is 1.61. The Morgan fingerprint density at radius 3 is 2.92 bits per heavy atom. The predicted molar refractivity (Wildman–Crippen MR) is 100 cm³/mol. The lowest BCUT2D eigenvalue weighted by Crippen LogP contribution is -2.19. The van der Waals surface area contributed by atoms with Gasteiger partial charge in [0.2, 0.25) is 0 Å². The van der Waals surface area contributed by atoms with Gasteiger partial charge in [0.1, 0.15) is 5.69 Å². The van der Waals surface area contributed by atoms with Gasteiger partial charge in [-0.05, 0) is 46.3 Å². The van der Waals surface area contributed by atoms with Gasteiger partial charge in [-0.3, -0.25) is 9.59 Å². The average molecular weight is 416 g/mol. The van der Waals surface area contributed by atoms with Crippen LogP contribution in [0.1, 0.15) is 10.6 Å². The van der Waals surface area contributed by atoms with Crippen LogP contribution in [0.3, 0.4) is 0 Å². The number of halogens is 1. The van der Waals surface area contributed by atoms with Gasteiger partial charge in [-0.25, -0.2) is 4.98 Å². The van der Waals surface area contributed by atoms with E-state index in [1.165, 1.54) is 23.6 Å². The highest BCUT2D eigenvalue weighted by molar-refractivity contribution is 9.10. The highest BCUT2D eigenvalue weighted by atomic mass is 79.9. The Hall–Kier alpha value is -2.71. The van der Waals surface area contributed by atoms with E-state index in [9.17, 15) is 9.59 Å². The number of fused-ring (bicyclic) bond motifs is 1. The summed E-state index contributed by atoms with van der Waals surface area (Å²) in [6, 6.07) is 12.5. The number of pyridine rings is 1. The van der Waals surface area contributed by atoms with Crippen LogP contribution in [0, 0.1) is 0 Å². The quantitative estimate of drug-likeness (QED) is 0.523. The second-order valence-electron chi connectivity index (χ2n) is 5.17. The fourth-order valence-electron chi connectivity index (χ4n) is 2.29. The van der Waals surface area contributed by atoms with Gasteiger partial charge in [0.25, 0.3) is 11.5 Å². The number of nitrogens with one attached hydrogen (secondary N) is 2. The van der Waals surface area contributed by atoms with Crippen molar-refractivity contribution >= 4 is 49.1 Å². The third-order valence-corrected chi connectivity index (χ3v) is 4.96. The van der Waals surface area contributed by atoms with Gasteiger partial charge in [0, 0.05) is 10.7 Å². The molecule has 6 nitrogen and oxygen atoms in total. The van der Waals surface area contributed by atoms with E-state index in [-0.39, 0.29) is 11.4 Å². The number of carbonyl (C=O) groups is 1. The molecule has 4 rings (SSSR count). The van der Waals surface area contributed by atoms with E-state index in [1.54, 1.807) is 12.1 Å². The summed E-state index contributed by atoms with van der Waals surface area (Å²) in [4.78, 5) is 31.1. The summed E-state index contributed by atoms with van der Waals surface area (Å²) in [5.41, 5.74) is 0.623. The molecule has 0 saturated heterocycles. The molecule has 25 heavy (non-hydrogen) atoms. The number of nitrogens with zero attached hydrogens (tertiary/aromatic N) is 1. The number of aromatic nitrogens is 2. The van der Waals surface area contributed by atoms with Gasteiger partial charge in [0.15, 0.2) is 16.5 Å². The van der Waals surface area contributed by atoms with Gasteiger partial charge in [0.05, 0.1) is 10.2 Å². The molecule has 0 spiro atoms. The van der Waals surface area contributed by atoms with Gasteiger partial charge in [-0.1, -0.05) is 12.1 Å². The van der Waals surface area contributed by atoms with Gasteiger partial charge >= 0.3 is 0 Å². The second kappa shape index (κ2) is 6.30. The van der Waals surface area contributed by atoms with Crippen LogP contribution in [0.4, 0.5) is 5.69 Å². The van der Waals surface area contributed by atoms with E-state index < -0.39 is 11.5 Å². The molecule has 0 atom stereocenters. The number of carbonyl (C=O) groups excluding carboxylic acids is 1. The van der Waals surface area contributed by atoms with Gasteiger partial charge in [-0.2, -0.15) is 0 Å². The molecule has 0 fully saturated rings. The van der Waals surface area contributed by atoms with Crippen molar-refractivity contribution in [1.29, 1.82) is 0 Å².